The number of nitrogen functional groups attached to an aromatic ring is 2. The standard InChI is InChI=1S/C24H34N4O2/c25-23(26)19-11-9-13-21(17-19)29-15-7-5-3-1-2-4-6-8-16-30-22-14-10-12-20(18-22)24(27)28/h9-14,17-18H,1-8,15-16H2,(H3,25,26)(H3,27,28). The molecule has 0 atom stereocenters. The zero-order valence-corrected chi connectivity index (χ0v) is 17.7. The van der Waals surface area contributed by atoms with Gasteiger partial charge in [-0.25, -0.2) is 0 Å². The van der Waals surface area contributed by atoms with E-state index in [4.69, 9.17) is 31.8 Å². The number of rotatable bonds is 15. The highest BCUT2D eigenvalue weighted by atomic mass is 16.5. The number of unbranched alkanes of at least 4 members (excludes halogenated alkanes) is 7. The molecule has 2 aromatic rings. The second-order valence-electron chi connectivity index (χ2n) is 7.41. The van der Waals surface area contributed by atoms with E-state index >= 15 is 0 Å². The molecule has 0 aliphatic carbocycles. The molecule has 30 heavy (non-hydrogen) atoms. The molecule has 0 saturated heterocycles. The van der Waals surface area contributed by atoms with E-state index < -0.39 is 0 Å². The molecule has 0 unspecified atom stereocenters. The lowest BCUT2D eigenvalue weighted by atomic mass is 10.1. The Morgan fingerprint density at radius 2 is 0.967 bits per heavy atom. The highest BCUT2D eigenvalue weighted by Crippen LogP contribution is 2.15. The van der Waals surface area contributed by atoms with Crippen molar-refractivity contribution in [2.24, 2.45) is 11.5 Å². The molecular weight excluding hydrogens is 376 g/mol. The quantitative estimate of drug-likeness (QED) is 0.191. The van der Waals surface area contributed by atoms with Gasteiger partial charge in [0.2, 0.25) is 0 Å². The van der Waals surface area contributed by atoms with E-state index in [9.17, 15) is 0 Å². The van der Waals surface area contributed by atoms with Crippen LogP contribution >= 0.6 is 0 Å². The molecule has 0 spiro atoms. The fourth-order valence-corrected chi connectivity index (χ4v) is 3.15. The van der Waals surface area contributed by atoms with Gasteiger partial charge in [-0.05, 0) is 37.1 Å². The van der Waals surface area contributed by atoms with Crippen molar-refractivity contribution in [3.63, 3.8) is 0 Å². The van der Waals surface area contributed by atoms with E-state index in [1.165, 1.54) is 38.5 Å². The number of nitrogens with one attached hydrogen (secondary N) is 2. The van der Waals surface area contributed by atoms with Crippen molar-refractivity contribution < 1.29 is 9.47 Å². The molecule has 0 radical (unpaired) electrons. The van der Waals surface area contributed by atoms with E-state index in [-0.39, 0.29) is 11.7 Å². The average Bonchev–Trinajstić information content (AvgIpc) is 2.75. The van der Waals surface area contributed by atoms with Crippen LogP contribution in [0.25, 0.3) is 0 Å². The lowest BCUT2D eigenvalue weighted by Gasteiger charge is -2.08. The predicted octanol–water partition coefficient (Wildman–Crippen LogP) is 4.83. The van der Waals surface area contributed by atoms with Gasteiger partial charge >= 0.3 is 0 Å². The SMILES string of the molecule is N=C(N)c1cccc(OCCCCCCCCCCOc2cccc(C(=N)N)c2)c1. The van der Waals surface area contributed by atoms with Crippen LogP contribution in [0.1, 0.15) is 62.5 Å². The van der Waals surface area contributed by atoms with Crippen molar-refractivity contribution in [1.82, 2.24) is 0 Å². The summed E-state index contributed by atoms with van der Waals surface area (Å²) in [5.41, 5.74) is 12.4. The minimum atomic E-state index is 0.0641. The third-order valence-electron chi connectivity index (χ3n) is 4.87. The molecule has 0 amide bonds. The molecule has 0 aliphatic heterocycles. The number of nitrogens with two attached hydrogens (primary N) is 2. The number of benzene rings is 2. The van der Waals surface area contributed by atoms with Crippen LogP contribution in [0.5, 0.6) is 11.5 Å². The van der Waals surface area contributed by atoms with E-state index in [2.05, 4.69) is 0 Å². The van der Waals surface area contributed by atoms with Crippen LogP contribution in [-0.4, -0.2) is 24.9 Å². The maximum absolute atomic E-state index is 7.46. The molecule has 2 rings (SSSR count). The summed E-state index contributed by atoms with van der Waals surface area (Å²) in [6.07, 6.45) is 9.37. The van der Waals surface area contributed by atoms with Gasteiger partial charge in [0.05, 0.1) is 13.2 Å². The second kappa shape index (κ2) is 13.2. The van der Waals surface area contributed by atoms with Crippen molar-refractivity contribution >= 4 is 11.7 Å². The summed E-state index contributed by atoms with van der Waals surface area (Å²) >= 11 is 0. The maximum Gasteiger partial charge on any atom is 0.122 e. The third-order valence-corrected chi connectivity index (χ3v) is 4.87. The number of amidine groups is 2. The number of hydrogen-bond donors (Lipinski definition) is 4. The summed E-state index contributed by atoms with van der Waals surface area (Å²) in [5.74, 6) is 1.68. The van der Waals surface area contributed by atoms with Gasteiger partial charge in [0.25, 0.3) is 0 Å². The first kappa shape index (κ1) is 23.3. The lowest BCUT2D eigenvalue weighted by Crippen LogP contribution is -2.11. The largest absolute Gasteiger partial charge is 0.494 e. The van der Waals surface area contributed by atoms with Gasteiger partial charge in [-0.1, -0.05) is 62.8 Å². The number of hydrogen-bond acceptors (Lipinski definition) is 4. The van der Waals surface area contributed by atoms with Gasteiger partial charge in [-0.3, -0.25) is 10.8 Å². The monoisotopic (exact) mass is 410 g/mol. The van der Waals surface area contributed by atoms with Crippen LogP contribution < -0.4 is 20.9 Å². The first-order chi connectivity index (χ1) is 14.6. The smallest absolute Gasteiger partial charge is 0.122 e. The van der Waals surface area contributed by atoms with Gasteiger partial charge in [0, 0.05) is 11.1 Å². The van der Waals surface area contributed by atoms with Crippen molar-refractivity contribution in [3.8, 4) is 11.5 Å². The van der Waals surface area contributed by atoms with Crippen LogP contribution in [0.2, 0.25) is 0 Å². The molecule has 6 N–H and O–H groups in total. The second-order valence-corrected chi connectivity index (χ2v) is 7.41. The van der Waals surface area contributed by atoms with Gasteiger partial charge in [-0.2, -0.15) is 0 Å². The Balaban J connectivity index is 1.42. The molecule has 6 nitrogen and oxygen atoms in total. The highest BCUT2D eigenvalue weighted by molar-refractivity contribution is 5.95. The van der Waals surface area contributed by atoms with Crippen LogP contribution in [0.15, 0.2) is 48.5 Å². The van der Waals surface area contributed by atoms with Crippen LogP contribution in [0, 0.1) is 10.8 Å². The average molecular weight is 411 g/mol. The minimum absolute atomic E-state index is 0.0641. The summed E-state index contributed by atoms with van der Waals surface area (Å²) in [6, 6.07) is 14.8. The van der Waals surface area contributed by atoms with E-state index in [0.29, 0.717) is 24.3 Å². The normalized spacial score (nSPS) is 10.5. The summed E-state index contributed by atoms with van der Waals surface area (Å²) in [4.78, 5) is 0. The molecule has 2 aromatic carbocycles. The first-order valence-electron chi connectivity index (χ1n) is 10.7. The van der Waals surface area contributed by atoms with Crippen molar-refractivity contribution in [2.75, 3.05) is 13.2 Å². The topological polar surface area (TPSA) is 118 Å². The maximum atomic E-state index is 7.46. The molecule has 0 saturated carbocycles. The van der Waals surface area contributed by atoms with E-state index in [0.717, 1.165) is 24.3 Å². The fourth-order valence-electron chi connectivity index (χ4n) is 3.15. The number of ether oxygens (including phenoxy) is 2. The summed E-state index contributed by atoms with van der Waals surface area (Å²) in [7, 11) is 0. The molecule has 0 heterocycles. The Morgan fingerprint density at radius 1 is 0.600 bits per heavy atom. The predicted molar refractivity (Wildman–Crippen MR) is 123 cm³/mol. The first-order valence-corrected chi connectivity index (χ1v) is 10.7. The molecule has 0 aliphatic rings. The van der Waals surface area contributed by atoms with Crippen molar-refractivity contribution in [2.45, 2.75) is 51.4 Å². The van der Waals surface area contributed by atoms with Crippen LogP contribution in [-0.2, 0) is 0 Å². The summed E-state index contributed by atoms with van der Waals surface area (Å²) in [6.45, 7) is 1.40. The van der Waals surface area contributed by atoms with Crippen LogP contribution in [0.4, 0.5) is 0 Å². The molecule has 162 valence electrons. The Bertz CT molecular complexity index is 740. The zero-order valence-electron chi connectivity index (χ0n) is 17.7. The lowest BCUT2D eigenvalue weighted by molar-refractivity contribution is 0.301. The third kappa shape index (κ3) is 8.99. The fraction of sp³-hybridized carbons (Fsp3) is 0.417. The highest BCUT2D eigenvalue weighted by Gasteiger charge is 2.01. The Labute approximate surface area is 179 Å². The van der Waals surface area contributed by atoms with Crippen molar-refractivity contribution in [3.05, 3.63) is 59.7 Å². The molecule has 0 bridgehead atoms. The Kier molecular flexibility index (Phi) is 10.3. The summed E-state index contributed by atoms with van der Waals surface area (Å²) < 4.78 is 11.5. The van der Waals surface area contributed by atoms with Gasteiger partial charge in [-0.15, -0.1) is 0 Å². The Morgan fingerprint density at radius 3 is 1.33 bits per heavy atom. The minimum Gasteiger partial charge on any atom is -0.494 e. The molecule has 0 fully saturated rings. The van der Waals surface area contributed by atoms with E-state index in [1.54, 1.807) is 0 Å². The zero-order chi connectivity index (χ0) is 21.6. The van der Waals surface area contributed by atoms with Gasteiger partial charge in [0.1, 0.15) is 23.2 Å². The Hall–Kier alpha value is -3.02. The molecule has 0 aromatic heterocycles. The van der Waals surface area contributed by atoms with Crippen LogP contribution in [0.3, 0.4) is 0 Å². The van der Waals surface area contributed by atoms with E-state index in [1.807, 2.05) is 48.5 Å². The van der Waals surface area contributed by atoms with Gasteiger partial charge in [0.15, 0.2) is 0 Å². The molecule has 6 heteroatoms. The molecular formula is C24H34N4O2. The van der Waals surface area contributed by atoms with Gasteiger partial charge < -0.3 is 20.9 Å². The summed E-state index contributed by atoms with van der Waals surface area (Å²) in [5, 5.41) is 14.9. The van der Waals surface area contributed by atoms with Crippen molar-refractivity contribution in [1.29, 1.82) is 10.8 Å².